The fraction of sp³-hybridized carbons (Fsp3) is 0.963. The molecule has 0 aromatic carbocycles. The van der Waals surface area contributed by atoms with Crippen molar-refractivity contribution in [1.29, 1.82) is 0 Å². The first-order chi connectivity index (χ1) is 21.9. The van der Waals surface area contributed by atoms with Crippen molar-refractivity contribution in [3.05, 3.63) is 0 Å². The summed E-state index contributed by atoms with van der Waals surface area (Å²) in [6.07, 6.45) is -1.37. The Labute approximate surface area is 273 Å². The Hall–Kier alpha value is -0.750. The number of rotatable bonds is 18. The van der Waals surface area contributed by atoms with E-state index in [-0.39, 0.29) is 64.5 Å². The number of nitrogens with zero attached hydrogens (tertiary/aromatic N) is 5. The van der Waals surface area contributed by atoms with Gasteiger partial charge in [0, 0.05) is 52.4 Å². The van der Waals surface area contributed by atoms with E-state index in [1.54, 1.807) is 51.8 Å². The van der Waals surface area contributed by atoms with Gasteiger partial charge < -0.3 is 48.1 Å². The van der Waals surface area contributed by atoms with Gasteiger partial charge in [-0.05, 0) is 42.0 Å². The van der Waals surface area contributed by atoms with Gasteiger partial charge in [-0.1, -0.05) is 0 Å². The number of aliphatic hydroxyl groups excluding tert-OH is 1. The molecule has 46 heavy (non-hydrogen) atoms. The van der Waals surface area contributed by atoms with Crippen molar-refractivity contribution in [1.82, 2.24) is 28.9 Å². The molecular formula is C27H56N6O11P2. The molecule has 0 bridgehead atoms. The Bertz CT molecular complexity index is 1010. The highest BCUT2D eigenvalue weighted by atomic mass is 31.2. The summed E-state index contributed by atoms with van der Waals surface area (Å²) in [5.41, 5.74) is 0. The molecule has 3 unspecified atom stereocenters. The van der Waals surface area contributed by atoms with Gasteiger partial charge in [-0.3, -0.25) is 9.13 Å². The lowest BCUT2D eigenvalue weighted by Gasteiger charge is -2.43. The molecule has 2 N–H and O–H groups in total. The van der Waals surface area contributed by atoms with Gasteiger partial charge >= 0.3 is 21.4 Å². The van der Waals surface area contributed by atoms with Crippen molar-refractivity contribution in [2.75, 3.05) is 133 Å². The summed E-state index contributed by atoms with van der Waals surface area (Å²) in [6, 6.07) is 0. The van der Waals surface area contributed by atoms with Crippen molar-refractivity contribution in [2.24, 2.45) is 0 Å². The highest BCUT2D eigenvalue weighted by molar-refractivity contribution is 7.54. The number of piperazine rings is 1. The number of aliphatic hydroxyl groups is 1. The van der Waals surface area contributed by atoms with Crippen LogP contribution in [0.15, 0.2) is 0 Å². The molecule has 17 nitrogen and oxygen atoms in total. The van der Waals surface area contributed by atoms with E-state index in [2.05, 4.69) is 5.32 Å². The lowest BCUT2D eigenvalue weighted by molar-refractivity contribution is -0.0807. The van der Waals surface area contributed by atoms with Gasteiger partial charge in [-0.2, -0.15) is 0 Å². The van der Waals surface area contributed by atoms with Crippen LogP contribution in [0.4, 0.5) is 4.79 Å². The molecule has 0 radical (unpaired) electrons. The summed E-state index contributed by atoms with van der Waals surface area (Å²) in [6.45, 7) is 8.71. The Morgan fingerprint density at radius 1 is 0.783 bits per heavy atom. The molecule has 0 aromatic rings. The Morgan fingerprint density at radius 2 is 1.35 bits per heavy atom. The van der Waals surface area contributed by atoms with Crippen molar-refractivity contribution < 1.29 is 51.8 Å². The summed E-state index contributed by atoms with van der Waals surface area (Å²) in [5.74, 6) is 0. The van der Waals surface area contributed by atoms with E-state index >= 15 is 0 Å². The van der Waals surface area contributed by atoms with Crippen molar-refractivity contribution in [2.45, 2.75) is 38.3 Å². The average molecular weight is 703 g/mol. The first kappa shape index (κ1) is 39.7. The summed E-state index contributed by atoms with van der Waals surface area (Å²) < 4.78 is 75.2. The number of hydrogen-bond acceptors (Lipinski definition) is 12. The third kappa shape index (κ3) is 11.7. The normalized spacial score (nSPS) is 27.9. The van der Waals surface area contributed by atoms with Crippen LogP contribution in [0.5, 0.6) is 0 Å². The molecule has 0 aliphatic carbocycles. The maximum absolute atomic E-state index is 14.2. The standard InChI is InChI=1S/C27H56N6O11P2/c1-23-17-28-18-25(43-23)21-41-46(37,30(5)6)33-19-24(2)44-26(20-33)22-42-45(36,29(3)4)32-9-7-31(8-10-32)27(35)40-16-15-39-14-13-38-12-11-34/h23-26,28,34H,7-22H2,1-6H3/t23?,24-,25-,26-,45?,46?/m0/s1. The van der Waals surface area contributed by atoms with E-state index < -0.39 is 27.5 Å². The summed E-state index contributed by atoms with van der Waals surface area (Å²) in [7, 11) is -0.00882. The monoisotopic (exact) mass is 702 g/mol. The molecule has 1 amide bonds. The van der Waals surface area contributed by atoms with Crippen LogP contribution < -0.4 is 5.32 Å². The average Bonchev–Trinajstić information content (AvgIpc) is 3.03. The van der Waals surface area contributed by atoms with Gasteiger partial charge in [0.05, 0.1) is 70.7 Å². The molecule has 3 rings (SSSR count). The minimum absolute atomic E-state index is 0.0180. The zero-order valence-corrected chi connectivity index (χ0v) is 30.1. The highest BCUT2D eigenvalue weighted by Crippen LogP contribution is 2.55. The fourth-order valence-corrected chi connectivity index (χ4v) is 9.38. The minimum atomic E-state index is -3.46. The van der Waals surface area contributed by atoms with E-state index in [1.807, 2.05) is 13.8 Å². The zero-order chi connectivity index (χ0) is 33.7. The summed E-state index contributed by atoms with van der Waals surface area (Å²) >= 11 is 0. The second kappa shape index (κ2) is 19.4. The Kier molecular flexibility index (Phi) is 16.8. The molecule has 0 saturated carbocycles. The van der Waals surface area contributed by atoms with Crippen LogP contribution in [-0.4, -0.2) is 193 Å². The predicted molar refractivity (Wildman–Crippen MR) is 171 cm³/mol. The molecule has 3 aliphatic rings. The van der Waals surface area contributed by atoms with Crippen LogP contribution in [0.1, 0.15) is 13.8 Å². The van der Waals surface area contributed by atoms with E-state index in [9.17, 15) is 13.9 Å². The van der Waals surface area contributed by atoms with E-state index in [0.29, 0.717) is 52.5 Å². The molecule has 0 spiro atoms. The second-order valence-electron chi connectivity index (χ2n) is 11.9. The minimum Gasteiger partial charge on any atom is -0.447 e. The lowest BCUT2D eigenvalue weighted by Crippen LogP contribution is -2.50. The third-order valence-corrected chi connectivity index (χ3v) is 12.8. The first-order valence-corrected chi connectivity index (χ1v) is 19.0. The van der Waals surface area contributed by atoms with Crippen LogP contribution in [0, 0.1) is 0 Å². The number of morpholine rings is 2. The number of nitrogens with one attached hydrogen (secondary N) is 1. The molecule has 0 aromatic heterocycles. The Balaban J connectivity index is 1.49. The molecule has 19 heteroatoms. The molecule has 3 aliphatic heterocycles. The summed E-state index contributed by atoms with van der Waals surface area (Å²) in [5, 5.41) is 12.0. The molecule has 3 heterocycles. The van der Waals surface area contributed by atoms with E-state index in [4.69, 9.17) is 37.8 Å². The number of carbonyl (C=O) groups excluding carboxylic acids is 1. The maximum atomic E-state index is 14.2. The van der Waals surface area contributed by atoms with Crippen LogP contribution >= 0.6 is 15.3 Å². The van der Waals surface area contributed by atoms with Gasteiger partial charge in [0.2, 0.25) is 0 Å². The number of hydrogen-bond donors (Lipinski definition) is 2. The molecule has 270 valence electrons. The largest absolute Gasteiger partial charge is 0.447 e. The quantitative estimate of drug-likeness (QED) is 0.151. The topological polar surface area (TPSA) is 164 Å². The number of amides is 1. The SMILES string of the molecule is CC1CNC[C@@H](COP(=O)(N(C)C)N2C[C@@H](COP(=O)(N(C)C)N3CCN(C(=O)OCCOCCOCCO)CC3)O[C@@H](C)C2)O1. The van der Waals surface area contributed by atoms with Crippen molar-refractivity contribution in [3.63, 3.8) is 0 Å². The first-order valence-electron chi connectivity index (χ1n) is 15.9. The van der Waals surface area contributed by atoms with Crippen LogP contribution in [0.3, 0.4) is 0 Å². The second-order valence-corrected chi connectivity index (χ2v) is 17.1. The van der Waals surface area contributed by atoms with Crippen molar-refractivity contribution >= 4 is 21.4 Å². The maximum Gasteiger partial charge on any atom is 0.409 e. The predicted octanol–water partition coefficient (Wildman–Crippen LogP) is 0.605. The van der Waals surface area contributed by atoms with Gasteiger partial charge in [-0.25, -0.2) is 23.5 Å². The summed E-state index contributed by atoms with van der Waals surface area (Å²) in [4.78, 5) is 14.1. The van der Waals surface area contributed by atoms with Crippen molar-refractivity contribution in [3.8, 4) is 0 Å². The lowest BCUT2D eigenvalue weighted by atomic mass is 10.2. The smallest absolute Gasteiger partial charge is 0.409 e. The van der Waals surface area contributed by atoms with E-state index in [1.165, 1.54) is 0 Å². The molecule has 3 fully saturated rings. The fourth-order valence-electron chi connectivity index (χ4n) is 5.35. The Morgan fingerprint density at radius 3 is 1.96 bits per heavy atom. The highest BCUT2D eigenvalue weighted by Gasteiger charge is 2.43. The molecule has 6 atom stereocenters. The van der Waals surface area contributed by atoms with Crippen LogP contribution in [0.2, 0.25) is 0 Å². The third-order valence-electron chi connectivity index (χ3n) is 7.69. The van der Waals surface area contributed by atoms with Crippen LogP contribution in [-0.2, 0) is 41.9 Å². The zero-order valence-electron chi connectivity index (χ0n) is 28.3. The number of ether oxygens (including phenoxy) is 5. The van der Waals surface area contributed by atoms with Crippen LogP contribution in [0.25, 0.3) is 0 Å². The van der Waals surface area contributed by atoms with Gasteiger partial charge in [0.15, 0.2) is 0 Å². The number of carbonyl (C=O) groups is 1. The van der Waals surface area contributed by atoms with E-state index in [0.717, 1.165) is 6.54 Å². The van der Waals surface area contributed by atoms with Gasteiger partial charge in [-0.15, -0.1) is 0 Å². The molecule has 3 saturated heterocycles. The molecular weight excluding hydrogens is 646 g/mol. The van der Waals surface area contributed by atoms with Gasteiger partial charge in [0.25, 0.3) is 0 Å². The van der Waals surface area contributed by atoms with Gasteiger partial charge in [0.1, 0.15) is 6.61 Å².